The van der Waals surface area contributed by atoms with Crippen LogP contribution in [0.2, 0.25) is 0 Å². The molecule has 2 unspecified atom stereocenters. The Kier molecular flexibility index (Phi) is 6.42. The average Bonchev–Trinajstić information content (AvgIpc) is 3.32. The number of rotatable bonds is 3. The third kappa shape index (κ3) is 5.35. The van der Waals surface area contributed by atoms with Gasteiger partial charge in [0.05, 0.1) is 17.0 Å². The van der Waals surface area contributed by atoms with Crippen molar-refractivity contribution in [3.05, 3.63) is 30.1 Å². The maximum atomic E-state index is 12.6. The van der Waals surface area contributed by atoms with Gasteiger partial charge in [-0.15, -0.1) is 0 Å². The molecule has 1 aromatic heterocycles. The number of amides is 1. The van der Waals surface area contributed by atoms with E-state index in [4.69, 9.17) is 39.5 Å². The molecule has 1 aromatic carbocycles. The van der Waals surface area contributed by atoms with E-state index < -0.39 is 19.2 Å². The van der Waals surface area contributed by atoms with Gasteiger partial charge in [0.25, 0.3) is 0 Å². The molecule has 13 heteroatoms. The Bertz CT molecular complexity index is 1210. The van der Waals surface area contributed by atoms with Gasteiger partial charge in [0.2, 0.25) is 9.74 Å². The lowest BCUT2D eigenvalue weighted by Gasteiger charge is -2.35. The highest BCUT2D eigenvalue weighted by molar-refractivity contribution is 7.90. The molecule has 0 N–H and O–H groups in total. The normalized spacial score (nSPS) is 20.7. The monoisotopic (exact) mass is 547 g/mol. The topological polar surface area (TPSA) is 106 Å². The summed E-state index contributed by atoms with van der Waals surface area (Å²) < 4.78 is 27.2. The van der Waals surface area contributed by atoms with Crippen LogP contribution in [0.25, 0.3) is 11.4 Å². The molecule has 2 aliphatic rings. The van der Waals surface area contributed by atoms with Crippen molar-refractivity contribution in [1.29, 1.82) is 0 Å². The Morgan fingerprint density at radius 2 is 1.68 bits per heavy atom. The zero-order valence-corrected chi connectivity index (χ0v) is 22.1. The van der Waals surface area contributed by atoms with Gasteiger partial charge in [0.15, 0.2) is 21.5 Å². The van der Waals surface area contributed by atoms with Gasteiger partial charge in [-0.1, -0.05) is 34.8 Å². The number of piperazine rings is 1. The Labute approximate surface area is 213 Å². The summed E-state index contributed by atoms with van der Waals surface area (Å²) in [7, 11) is -3.35. The van der Waals surface area contributed by atoms with Crippen molar-refractivity contribution in [2.45, 2.75) is 53.6 Å². The molecule has 3 heterocycles. The standard InChI is InChI=1S/C21H24Cl3N5O4S/c1-20(2,3)33-19(30)29-11-13-9-14(29)10-28(13)18-26-16(25-17(27-18)21(22,23)24)12-5-7-15(8-6-12)34(4,31)32/h5-8,13-14H,9-11H2,1-4H3. The van der Waals surface area contributed by atoms with Crippen LogP contribution in [0, 0.1) is 0 Å². The van der Waals surface area contributed by atoms with Crippen molar-refractivity contribution >= 4 is 56.7 Å². The van der Waals surface area contributed by atoms with Gasteiger partial charge in [-0.05, 0) is 51.5 Å². The van der Waals surface area contributed by atoms with Crippen LogP contribution in [0.4, 0.5) is 10.7 Å². The number of carbonyl (C=O) groups excluding carboxylic acids is 1. The van der Waals surface area contributed by atoms with E-state index in [-0.39, 0.29) is 34.7 Å². The van der Waals surface area contributed by atoms with Gasteiger partial charge in [-0.3, -0.25) is 0 Å². The highest BCUT2D eigenvalue weighted by Crippen LogP contribution is 2.39. The molecule has 2 fully saturated rings. The molecule has 0 spiro atoms. The van der Waals surface area contributed by atoms with Gasteiger partial charge in [0.1, 0.15) is 5.60 Å². The maximum absolute atomic E-state index is 12.6. The highest BCUT2D eigenvalue weighted by Gasteiger charge is 2.48. The molecule has 2 saturated heterocycles. The fourth-order valence-corrected chi connectivity index (χ4v) is 4.94. The molecular weight excluding hydrogens is 525 g/mol. The van der Waals surface area contributed by atoms with E-state index in [1.807, 2.05) is 25.7 Å². The van der Waals surface area contributed by atoms with E-state index in [0.717, 1.165) is 12.7 Å². The third-order valence-corrected chi connectivity index (χ3v) is 7.18. The summed E-state index contributed by atoms with van der Waals surface area (Å²) in [4.78, 5) is 29.7. The number of nitrogens with zero attached hydrogens (tertiary/aromatic N) is 5. The van der Waals surface area contributed by atoms with Gasteiger partial charge >= 0.3 is 6.09 Å². The number of anilines is 1. The number of carbonyl (C=O) groups is 1. The first kappa shape index (κ1) is 25.2. The van der Waals surface area contributed by atoms with Crippen LogP contribution in [0.1, 0.15) is 33.0 Å². The highest BCUT2D eigenvalue weighted by atomic mass is 35.6. The molecule has 9 nitrogen and oxygen atoms in total. The first-order valence-corrected chi connectivity index (χ1v) is 13.5. The van der Waals surface area contributed by atoms with Crippen LogP contribution >= 0.6 is 34.8 Å². The van der Waals surface area contributed by atoms with Crippen LogP contribution in [-0.4, -0.2) is 71.4 Å². The van der Waals surface area contributed by atoms with E-state index in [2.05, 4.69) is 15.0 Å². The summed E-state index contributed by atoms with van der Waals surface area (Å²) in [6.07, 6.45) is 1.53. The number of hydrogen-bond donors (Lipinski definition) is 0. The summed E-state index contributed by atoms with van der Waals surface area (Å²) in [6.45, 7) is 6.46. The minimum absolute atomic E-state index is 0.0244. The molecule has 2 aliphatic heterocycles. The van der Waals surface area contributed by atoms with Crippen LogP contribution in [0.15, 0.2) is 29.2 Å². The lowest BCUT2D eigenvalue weighted by molar-refractivity contribution is 0.0214. The summed E-state index contributed by atoms with van der Waals surface area (Å²) in [5, 5.41) is 0. The van der Waals surface area contributed by atoms with Gasteiger partial charge in [0, 0.05) is 24.9 Å². The maximum Gasteiger partial charge on any atom is 0.410 e. The van der Waals surface area contributed by atoms with E-state index in [9.17, 15) is 13.2 Å². The summed E-state index contributed by atoms with van der Waals surface area (Å²) in [6, 6.07) is 6.06. The van der Waals surface area contributed by atoms with Gasteiger partial charge < -0.3 is 14.5 Å². The number of sulfone groups is 1. The van der Waals surface area contributed by atoms with E-state index >= 15 is 0 Å². The molecule has 4 rings (SSSR count). The number of halogens is 3. The molecule has 0 radical (unpaired) electrons. The zero-order chi connectivity index (χ0) is 25.1. The van der Waals surface area contributed by atoms with E-state index in [1.54, 1.807) is 17.0 Å². The first-order valence-electron chi connectivity index (χ1n) is 10.5. The number of fused-ring (bicyclic) bond motifs is 2. The van der Waals surface area contributed by atoms with Crippen molar-refractivity contribution in [2.24, 2.45) is 0 Å². The van der Waals surface area contributed by atoms with Crippen LogP contribution in [0.3, 0.4) is 0 Å². The second-order valence-corrected chi connectivity index (χ2v) is 13.7. The van der Waals surface area contributed by atoms with Crippen LogP contribution in [-0.2, 0) is 18.4 Å². The molecule has 34 heavy (non-hydrogen) atoms. The number of likely N-dealkylation sites (tertiary alicyclic amines) is 1. The largest absolute Gasteiger partial charge is 0.444 e. The van der Waals surface area contributed by atoms with E-state index in [0.29, 0.717) is 24.6 Å². The lowest BCUT2D eigenvalue weighted by Crippen LogP contribution is -2.50. The third-order valence-electron chi connectivity index (χ3n) is 5.54. The predicted molar refractivity (Wildman–Crippen MR) is 130 cm³/mol. The van der Waals surface area contributed by atoms with Crippen molar-refractivity contribution in [3.63, 3.8) is 0 Å². The van der Waals surface area contributed by atoms with Gasteiger partial charge in [-0.2, -0.15) is 9.97 Å². The molecule has 2 aromatic rings. The molecule has 184 valence electrons. The summed E-state index contributed by atoms with van der Waals surface area (Å²) >= 11 is 18.3. The molecular formula is C21H24Cl3N5O4S. The van der Waals surface area contributed by atoms with Crippen LogP contribution in [0.5, 0.6) is 0 Å². The minimum atomic E-state index is -3.35. The van der Waals surface area contributed by atoms with Crippen molar-refractivity contribution in [2.75, 3.05) is 24.2 Å². The number of aromatic nitrogens is 3. The fourth-order valence-electron chi connectivity index (χ4n) is 4.06. The number of hydrogen-bond acceptors (Lipinski definition) is 8. The Hall–Kier alpha value is -1.88. The predicted octanol–water partition coefficient (Wildman–Crippen LogP) is 3.97. The Morgan fingerprint density at radius 3 is 2.18 bits per heavy atom. The van der Waals surface area contributed by atoms with Crippen LogP contribution < -0.4 is 4.90 Å². The molecule has 2 bridgehead atoms. The molecule has 0 aliphatic carbocycles. The SMILES string of the molecule is CC(C)(C)OC(=O)N1CC2CC1CN2c1nc(-c2ccc(S(C)(=O)=O)cc2)nc(C(Cl)(Cl)Cl)n1. The van der Waals surface area contributed by atoms with Crippen molar-refractivity contribution in [3.8, 4) is 11.4 Å². The molecule has 0 saturated carbocycles. The lowest BCUT2D eigenvalue weighted by atomic mass is 10.2. The number of alkyl halides is 3. The molecule has 2 atom stereocenters. The number of benzene rings is 1. The molecule has 1 amide bonds. The first-order chi connectivity index (χ1) is 15.6. The van der Waals surface area contributed by atoms with E-state index in [1.165, 1.54) is 12.1 Å². The van der Waals surface area contributed by atoms with Crippen molar-refractivity contribution in [1.82, 2.24) is 19.9 Å². The quantitative estimate of drug-likeness (QED) is 0.531. The Balaban J connectivity index is 1.63. The summed E-state index contributed by atoms with van der Waals surface area (Å²) in [5.74, 6) is 0.532. The minimum Gasteiger partial charge on any atom is -0.444 e. The van der Waals surface area contributed by atoms with Crippen molar-refractivity contribution < 1.29 is 17.9 Å². The zero-order valence-electron chi connectivity index (χ0n) is 19.0. The fraction of sp³-hybridized carbons (Fsp3) is 0.524. The second kappa shape index (κ2) is 8.65. The smallest absolute Gasteiger partial charge is 0.410 e. The Morgan fingerprint density at radius 1 is 1.03 bits per heavy atom. The summed E-state index contributed by atoms with van der Waals surface area (Å²) in [5.41, 5.74) is -0.0283. The second-order valence-electron chi connectivity index (χ2n) is 9.41. The number of ether oxygens (including phenoxy) is 1. The van der Waals surface area contributed by atoms with Gasteiger partial charge in [-0.25, -0.2) is 18.2 Å². The average molecular weight is 549 g/mol.